The smallest absolute Gasteiger partial charge is 0.242 e. The highest BCUT2D eigenvalue weighted by Gasteiger charge is 2.10. The van der Waals surface area contributed by atoms with E-state index in [-0.39, 0.29) is 6.54 Å². The fourth-order valence-corrected chi connectivity index (χ4v) is 2.05. The third-order valence-corrected chi connectivity index (χ3v) is 3.06. The summed E-state index contributed by atoms with van der Waals surface area (Å²) in [5, 5.41) is 11.7. The number of benzene rings is 1. The van der Waals surface area contributed by atoms with Crippen LogP contribution in [0.2, 0.25) is 10.2 Å². The Morgan fingerprint density at radius 1 is 1.29 bits per heavy atom. The number of hydrogen-bond acceptors (Lipinski definition) is 4. The molecule has 0 saturated heterocycles. The Morgan fingerprint density at radius 3 is 2.71 bits per heavy atom. The fraction of sp³-hybridized carbons (Fsp3) is 0.143. The lowest BCUT2D eigenvalue weighted by Crippen LogP contribution is -2.16. The van der Waals surface area contributed by atoms with Gasteiger partial charge in [0, 0.05) is 22.6 Å². The lowest BCUT2D eigenvalue weighted by Gasteiger charge is -2.03. The van der Waals surface area contributed by atoms with E-state index in [1.54, 1.807) is 42.6 Å². The number of hydrogen-bond donors (Lipinski definition) is 0. The average Bonchev–Trinajstić information content (AvgIpc) is 2.40. The van der Waals surface area contributed by atoms with Gasteiger partial charge in [0.05, 0.1) is 11.4 Å². The van der Waals surface area contributed by atoms with Gasteiger partial charge in [-0.25, -0.2) is 4.98 Å². The van der Waals surface area contributed by atoms with Gasteiger partial charge in [0.25, 0.3) is 0 Å². The summed E-state index contributed by atoms with van der Waals surface area (Å²) < 4.78 is 0. The number of halogens is 2. The summed E-state index contributed by atoms with van der Waals surface area (Å²) in [5.41, 5.74) is 1.81. The molecule has 0 aliphatic carbocycles. The van der Waals surface area contributed by atoms with Crippen LogP contribution in [0.4, 0.5) is 5.69 Å². The van der Waals surface area contributed by atoms with E-state index in [9.17, 15) is 10.1 Å². The Kier molecular flexibility index (Phi) is 5.25. The van der Waals surface area contributed by atoms with E-state index in [4.69, 9.17) is 23.2 Å². The first-order chi connectivity index (χ1) is 10.0. The Morgan fingerprint density at radius 2 is 2.10 bits per heavy atom. The van der Waals surface area contributed by atoms with Gasteiger partial charge in [-0.1, -0.05) is 35.3 Å². The molecular formula is C14H11Cl2N3O2. The van der Waals surface area contributed by atoms with Crippen LogP contribution in [0.25, 0.3) is 0 Å². The van der Waals surface area contributed by atoms with Crippen LogP contribution in [0.1, 0.15) is 5.56 Å². The summed E-state index contributed by atoms with van der Waals surface area (Å²) in [6, 6.07) is 10.3. The predicted molar refractivity (Wildman–Crippen MR) is 83.4 cm³/mol. The molecule has 2 aromatic rings. The fourth-order valence-electron chi connectivity index (χ4n) is 1.75. The van der Waals surface area contributed by atoms with Crippen molar-refractivity contribution in [2.45, 2.75) is 6.42 Å². The van der Waals surface area contributed by atoms with Crippen molar-refractivity contribution < 1.29 is 4.92 Å². The quantitative estimate of drug-likeness (QED) is 0.361. The van der Waals surface area contributed by atoms with E-state index in [1.807, 2.05) is 0 Å². The minimum atomic E-state index is -0.410. The third kappa shape index (κ3) is 5.13. The summed E-state index contributed by atoms with van der Waals surface area (Å²) in [6.45, 7) is -0.338. The van der Waals surface area contributed by atoms with Crippen molar-refractivity contribution in [3.63, 3.8) is 0 Å². The molecule has 1 aromatic carbocycles. The first kappa shape index (κ1) is 15.4. The lowest BCUT2D eigenvalue weighted by atomic mass is 10.1. The van der Waals surface area contributed by atoms with Gasteiger partial charge in [0.2, 0.25) is 6.54 Å². The molecule has 0 N–H and O–H groups in total. The van der Waals surface area contributed by atoms with Crippen molar-refractivity contribution in [1.82, 2.24) is 4.98 Å². The second kappa shape index (κ2) is 7.15. The first-order valence-electron chi connectivity index (χ1n) is 6.07. The standard InChI is InChI=1S/C14H11Cl2N3O2/c15-11-2-1-3-12(7-11)18-13(9-19(20)21)6-10-4-5-14(16)17-8-10/h1-5,7-8H,6,9H2. The normalized spacial score (nSPS) is 11.4. The van der Waals surface area contributed by atoms with E-state index in [0.29, 0.717) is 28.0 Å². The predicted octanol–water partition coefficient (Wildman–Crippen LogP) is 3.98. The number of nitro groups is 1. The highest BCUT2D eigenvalue weighted by atomic mass is 35.5. The van der Waals surface area contributed by atoms with Crippen molar-refractivity contribution in [2.24, 2.45) is 4.99 Å². The summed E-state index contributed by atoms with van der Waals surface area (Å²) >= 11 is 11.6. The van der Waals surface area contributed by atoms with Crippen LogP contribution in [-0.2, 0) is 6.42 Å². The van der Waals surface area contributed by atoms with Gasteiger partial charge in [-0.15, -0.1) is 0 Å². The Hall–Kier alpha value is -1.98. The highest BCUT2D eigenvalue weighted by Crippen LogP contribution is 2.18. The van der Waals surface area contributed by atoms with E-state index >= 15 is 0 Å². The van der Waals surface area contributed by atoms with Gasteiger partial charge in [0.1, 0.15) is 5.15 Å². The van der Waals surface area contributed by atoms with Crippen molar-refractivity contribution in [3.8, 4) is 0 Å². The second-order valence-corrected chi connectivity index (χ2v) is 5.14. The molecule has 0 fully saturated rings. The number of nitrogens with zero attached hydrogens (tertiary/aromatic N) is 3. The minimum absolute atomic E-state index is 0.331. The third-order valence-electron chi connectivity index (χ3n) is 2.60. The molecule has 0 unspecified atom stereocenters. The van der Waals surface area contributed by atoms with Crippen molar-refractivity contribution in [1.29, 1.82) is 0 Å². The van der Waals surface area contributed by atoms with E-state index in [0.717, 1.165) is 5.56 Å². The molecule has 0 aliphatic heterocycles. The summed E-state index contributed by atoms with van der Waals surface area (Å²) in [7, 11) is 0. The molecule has 0 radical (unpaired) electrons. The zero-order chi connectivity index (χ0) is 15.2. The molecule has 7 heteroatoms. The van der Waals surface area contributed by atoms with Crippen LogP contribution in [0.5, 0.6) is 0 Å². The minimum Gasteiger partial charge on any atom is -0.264 e. The van der Waals surface area contributed by atoms with E-state index < -0.39 is 4.92 Å². The Balaban J connectivity index is 2.25. The number of aromatic nitrogens is 1. The SMILES string of the molecule is O=[N+]([O-])CC(Cc1ccc(Cl)nc1)=Nc1cccc(Cl)c1. The summed E-state index contributed by atoms with van der Waals surface area (Å²) in [5.74, 6) is 0. The molecule has 1 aromatic heterocycles. The molecule has 0 amide bonds. The van der Waals surface area contributed by atoms with Crippen molar-refractivity contribution >= 4 is 34.6 Å². The van der Waals surface area contributed by atoms with Crippen LogP contribution in [0, 0.1) is 10.1 Å². The van der Waals surface area contributed by atoms with E-state index in [1.165, 1.54) is 0 Å². The molecule has 2 rings (SSSR count). The van der Waals surface area contributed by atoms with Gasteiger partial charge in [-0.2, -0.15) is 0 Å². The average molecular weight is 324 g/mol. The Labute approximate surface area is 131 Å². The van der Waals surface area contributed by atoms with Crippen LogP contribution in [0.3, 0.4) is 0 Å². The van der Waals surface area contributed by atoms with Crippen LogP contribution in [0.15, 0.2) is 47.6 Å². The monoisotopic (exact) mass is 323 g/mol. The topological polar surface area (TPSA) is 68.4 Å². The molecule has 0 aliphatic rings. The molecule has 0 spiro atoms. The van der Waals surface area contributed by atoms with Gasteiger partial charge in [-0.3, -0.25) is 15.1 Å². The largest absolute Gasteiger partial charge is 0.264 e. The molecule has 0 atom stereocenters. The van der Waals surface area contributed by atoms with E-state index in [2.05, 4.69) is 9.98 Å². The van der Waals surface area contributed by atoms with Gasteiger partial charge < -0.3 is 0 Å². The van der Waals surface area contributed by atoms with Crippen molar-refractivity contribution in [2.75, 3.05) is 6.54 Å². The van der Waals surface area contributed by atoms with Crippen LogP contribution in [-0.4, -0.2) is 22.2 Å². The maximum Gasteiger partial charge on any atom is 0.242 e. The number of pyridine rings is 1. The molecule has 5 nitrogen and oxygen atoms in total. The molecular weight excluding hydrogens is 313 g/mol. The molecule has 0 saturated carbocycles. The maximum absolute atomic E-state index is 10.8. The van der Waals surface area contributed by atoms with Crippen LogP contribution >= 0.6 is 23.2 Å². The highest BCUT2D eigenvalue weighted by molar-refractivity contribution is 6.30. The molecule has 1 heterocycles. The lowest BCUT2D eigenvalue weighted by molar-refractivity contribution is -0.463. The van der Waals surface area contributed by atoms with Crippen molar-refractivity contribution in [3.05, 3.63) is 68.4 Å². The summed E-state index contributed by atoms with van der Waals surface area (Å²) in [4.78, 5) is 18.6. The van der Waals surface area contributed by atoms with Gasteiger partial charge in [-0.05, 0) is 29.8 Å². The maximum atomic E-state index is 10.8. The second-order valence-electron chi connectivity index (χ2n) is 4.31. The zero-order valence-electron chi connectivity index (χ0n) is 10.9. The molecule has 108 valence electrons. The number of aliphatic imine (C=N–C) groups is 1. The van der Waals surface area contributed by atoms with Gasteiger partial charge >= 0.3 is 0 Å². The Bertz CT molecular complexity index is 672. The van der Waals surface area contributed by atoms with Gasteiger partial charge in [0.15, 0.2) is 0 Å². The zero-order valence-corrected chi connectivity index (χ0v) is 12.4. The first-order valence-corrected chi connectivity index (χ1v) is 6.83. The summed E-state index contributed by atoms with van der Waals surface area (Å²) in [6.07, 6.45) is 1.91. The van der Waals surface area contributed by atoms with Crippen LogP contribution < -0.4 is 0 Å². The number of rotatable bonds is 5. The molecule has 0 bridgehead atoms. The molecule has 21 heavy (non-hydrogen) atoms.